The normalized spacial score (nSPS) is 16.4. The lowest BCUT2D eigenvalue weighted by Crippen LogP contribution is -2.45. The Bertz CT molecular complexity index is 2570. The summed E-state index contributed by atoms with van der Waals surface area (Å²) in [7, 11) is 0. The molecule has 1 saturated carbocycles. The van der Waals surface area contributed by atoms with Crippen molar-refractivity contribution in [1.29, 1.82) is 0 Å². The van der Waals surface area contributed by atoms with Crippen molar-refractivity contribution in [2.24, 2.45) is 5.41 Å². The number of halogens is 2. The Morgan fingerprint density at radius 1 is 0.930 bits per heavy atom. The molecule has 13 nitrogen and oxygen atoms in total. The molecule has 0 saturated heterocycles. The van der Waals surface area contributed by atoms with Gasteiger partial charge >= 0.3 is 11.8 Å². The predicted octanol–water partition coefficient (Wildman–Crippen LogP) is 6.22. The van der Waals surface area contributed by atoms with Gasteiger partial charge in [-0.3, -0.25) is 14.2 Å². The van der Waals surface area contributed by atoms with Gasteiger partial charge < -0.3 is 25.5 Å². The zero-order chi connectivity index (χ0) is 40.4. The number of fused-ring (bicyclic) bond motifs is 2. The Labute approximate surface area is 326 Å². The van der Waals surface area contributed by atoms with Crippen LogP contribution in [-0.4, -0.2) is 59.2 Å². The molecule has 1 aliphatic rings. The van der Waals surface area contributed by atoms with Gasteiger partial charge in [-0.05, 0) is 91.1 Å². The number of carbonyl (C=O) groups excluding carboxylic acids is 1. The largest absolute Gasteiger partial charge is 0.465 e. The van der Waals surface area contributed by atoms with Gasteiger partial charge in [-0.15, -0.1) is 0 Å². The van der Waals surface area contributed by atoms with E-state index < -0.39 is 40.9 Å². The van der Waals surface area contributed by atoms with Crippen molar-refractivity contribution >= 4 is 28.7 Å². The number of carbonyl (C=O) groups is 2. The van der Waals surface area contributed by atoms with E-state index in [2.05, 4.69) is 25.9 Å². The average molecular weight is 779 g/mol. The molecule has 0 bridgehead atoms. The predicted molar refractivity (Wildman–Crippen MR) is 212 cm³/mol. The first-order valence-corrected chi connectivity index (χ1v) is 18.9. The molecule has 1 fully saturated rings. The molecule has 1 atom stereocenters. The lowest BCUT2D eigenvalue weighted by Gasteiger charge is -2.30. The molecule has 4 heterocycles. The summed E-state index contributed by atoms with van der Waals surface area (Å²) < 4.78 is 32.2. The zero-order valence-electron chi connectivity index (χ0n) is 31.8. The van der Waals surface area contributed by atoms with Gasteiger partial charge in [0.2, 0.25) is 0 Å². The topological polar surface area (TPSA) is 165 Å². The van der Waals surface area contributed by atoms with Crippen LogP contribution in [0.1, 0.15) is 75.0 Å². The Balaban J connectivity index is 1.08. The van der Waals surface area contributed by atoms with Crippen LogP contribution in [0.3, 0.4) is 0 Å². The summed E-state index contributed by atoms with van der Waals surface area (Å²) in [4.78, 5) is 61.0. The molecule has 0 spiro atoms. The van der Waals surface area contributed by atoms with E-state index >= 15 is 0 Å². The Morgan fingerprint density at radius 2 is 1.68 bits per heavy atom. The molecule has 1 aliphatic carbocycles. The zero-order valence-corrected chi connectivity index (χ0v) is 31.8. The number of rotatable bonds is 11. The summed E-state index contributed by atoms with van der Waals surface area (Å²) in [5.41, 5.74) is 2.38. The van der Waals surface area contributed by atoms with E-state index in [9.17, 15) is 33.1 Å². The van der Waals surface area contributed by atoms with Crippen LogP contribution in [0.4, 0.5) is 13.6 Å². The third kappa shape index (κ3) is 8.63. The molecule has 2 amide bonds. The summed E-state index contributed by atoms with van der Waals surface area (Å²) in [6.45, 7) is 7.22. The SMILES string of the molecule is CC(C)(C)C(CCNCc1ccc(-c2cccc(-n3c(=O)n(C4CCC(NC(=O)c5cn6cc(F)ccc6n5)CC4)c(=O)c4cc(F)cnc43)c2)cc1)NC(=O)O. The maximum absolute atomic E-state index is 14.6. The summed E-state index contributed by atoms with van der Waals surface area (Å²) >= 11 is 0. The van der Waals surface area contributed by atoms with Gasteiger partial charge in [0.1, 0.15) is 23.0 Å². The molecule has 15 heteroatoms. The molecule has 57 heavy (non-hydrogen) atoms. The number of hydrogen-bond acceptors (Lipinski definition) is 7. The minimum atomic E-state index is -1.04. The first-order chi connectivity index (χ1) is 27.2. The maximum atomic E-state index is 14.6. The average Bonchev–Trinajstić information content (AvgIpc) is 3.60. The van der Waals surface area contributed by atoms with E-state index in [4.69, 9.17) is 0 Å². The van der Waals surface area contributed by atoms with Gasteiger partial charge in [-0.1, -0.05) is 57.2 Å². The lowest BCUT2D eigenvalue weighted by atomic mass is 9.85. The molecule has 0 aliphatic heterocycles. The lowest BCUT2D eigenvalue weighted by molar-refractivity contribution is 0.0917. The van der Waals surface area contributed by atoms with E-state index in [1.807, 2.05) is 63.2 Å². The third-order valence-electron chi connectivity index (χ3n) is 10.6. The van der Waals surface area contributed by atoms with Crippen LogP contribution in [0.2, 0.25) is 0 Å². The maximum Gasteiger partial charge on any atom is 0.404 e. The van der Waals surface area contributed by atoms with E-state index in [0.29, 0.717) is 56.5 Å². The van der Waals surface area contributed by atoms with E-state index in [1.54, 1.807) is 6.07 Å². The highest BCUT2D eigenvalue weighted by Crippen LogP contribution is 2.29. The molecule has 4 aromatic heterocycles. The molecular formula is C42H44F2N8O5. The number of benzene rings is 2. The van der Waals surface area contributed by atoms with Crippen LogP contribution in [0.15, 0.2) is 94.9 Å². The summed E-state index contributed by atoms with van der Waals surface area (Å²) in [5.74, 6) is -1.56. The Kier molecular flexibility index (Phi) is 11.0. The van der Waals surface area contributed by atoms with Crippen molar-refractivity contribution in [2.75, 3.05) is 6.54 Å². The molecule has 0 radical (unpaired) electrons. The quantitative estimate of drug-likeness (QED) is 0.113. The van der Waals surface area contributed by atoms with Crippen molar-refractivity contribution in [3.05, 3.63) is 129 Å². The van der Waals surface area contributed by atoms with Gasteiger partial charge in [0.05, 0.1) is 17.3 Å². The first-order valence-electron chi connectivity index (χ1n) is 18.9. The van der Waals surface area contributed by atoms with Gasteiger partial charge in [-0.25, -0.2) is 32.9 Å². The van der Waals surface area contributed by atoms with Gasteiger partial charge in [0.25, 0.3) is 11.5 Å². The van der Waals surface area contributed by atoms with Crippen molar-refractivity contribution in [3.8, 4) is 16.8 Å². The van der Waals surface area contributed by atoms with Crippen LogP contribution < -0.4 is 27.2 Å². The number of nitrogens with one attached hydrogen (secondary N) is 3. The van der Waals surface area contributed by atoms with Crippen LogP contribution >= 0.6 is 0 Å². The molecular weight excluding hydrogens is 735 g/mol. The van der Waals surface area contributed by atoms with Crippen molar-refractivity contribution < 1.29 is 23.5 Å². The number of hydrogen-bond donors (Lipinski definition) is 4. The van der Waals surface area contributed by atoms with Crippen molar-refractivity contribution in [3.63, 3.8) is 0 Å². The monoisotopic (exact) mass is 778 g/mol. The fraction of sp³-hybridized carbons (Fsp3) is 0.333. The first kappa shape index (κ1) is 39.0. The van der Waals surface area contributed by atoms with Crippen LogP contribution in [-0.2, 0) is 6.54 Å². The van der Waals surface area contributed by atoms with Gasteiger partial charge in [0, 0.05) is 37.1 Å². The fourth-order valence-corrected chi connectivity index (χ4v) is 7.54. The Hall–Kier alpha value is -6.22. The minimum Gasteiger partial charge on any atom is -0.465 e. The summed E-state index contributed by atoms with van der Waals surface area (Å²) in [6, 6.07) is 18.1. The second-order valence-corrected chi connectivity index (χ2v) is 15.6. The number of pyridine rings is 2. The minimum absolute atomic E-state index is 0.0249. The number of amides is 2. The molecule has 296 valence electrons. The number of carboxylic acid groups (broad SMARTS) is 1. The second-order valence-electron chi connectivity index (χ2n) is 15.6. The van der Waals surface area contributed by atoms with Crippen LogP contribution in [0.25, 0.3) is 33.5 Å². The van der Waals surface area contributed by atoms with E-state index in [1.165, 1.54) is 38.1 Å². The van der Waals surface area contributed by atoms with Crippen molar-refractivity contribution in [1.82, 2.24) is 39.5 Å². The van der Waals surface area contributed by atoms with Gasteiger partial charge in [-0.2, -0.15) is 0 Å². The van der Waals surface area contributed by atoms with E-state index in [-0.39, 0.29) is 34.2 Å². The van der Waals surface area contributed by atoms with Crippen LogP contribution in [0, 0.1) is 17.0 Å². The number of imidazole rings is 1. The molecule has 6 aromatic rings. The highest BCUT2D eigenvalue weighted by atomic mass is 19.1. The summed E-state index contributed by atoms with van der Waals surface area (Å²) in [6.07, 6.45) is 5.05. The number of nitrogens with zero attached hydrogens (tertiary/aromatic N) is 5. The highest BCUT2D eigenvalue weighted by Gasteiger charge is 2.29. The van der Waals surface area contributed by atoms with Crippen LogP contribution in [0.5, 0.6) is 0 Å². The van der Waals surface area contributed by atoms with E-state index in [0.717, 1.165) is 29.0 Å². The standard InChI is InChI=1S/C42H44F2N8O5/c1-42(2,3)35(49-40(55)56)17-18-45-21-25-7-9-26(10-8-25)27-5-4-6-32(19-27)51-37-33(20-29(44)22-46-37)39(54)52(41(51)57)31-14-12-30(13-15-31)47-38(53)34-24-50-23-28(43)11-16-36(50)48-34/h4-11,16,19-20,22-24,30-31,35,45,49H,12-15,17-18,21H2,1-3H3,(H,47,53)(H,55,56). The van der Waals surface area contributed by atoms with Gasteiger partial charge in [0.15, 0.2) is 5.65 Å². The third-order valence-corrected chi connectivity index (χ3v) is 10.6. The molecule has 7 rings (SSSR count). The summed E-state index contributed by atoms with van der Waals surface area (Å²) in [5, 5.41) is 18.2. The number of aromatic nitrogens is 5. The molecule has 2 aromatic carbocycles. The smallest absolute Gasteiger partial charge is 0.404 e. The molecule has 4 N–H and O–H groups in total. The van der Waals surface area contributed by atoms with Crippen molar-refractivity contribution in [2.45, 2.75) is 77.5 Å². The second kappa shape index (κ2) is 16.1. The highest BCUT2D eigenvalue weighted by molar-refractivity contribution is 5.93. The Morgan fingerprint density at radius 3 is 2.40 bits per heavy atom. The molecule has 1 unspecified atom stereocenters. The fourth-order valence-electron chi connectivity index (χ4n) is 7.54.